The van der Waals surface area contributed by atoms with Crippen LogP contribution in [0.2, 0.25) is 0 Å². The molecule has 29 heavy (non-hydrogen) atoms. The van der Waals surface area contributed by atoms with Gasteiger partial charge in [-0.05, 0) is 37.1 Å². The minimum atomic E-state index is -0.517. The number of rotatable bonds is 6. The van der Waals surface area contributed by atoms with Gasteiger partial charge in [-0.2, -0.15) is 0 Å². The Hall–Kier alpha value is -3.32. The van der Waals surface area contributed by atoms with Gasteiger partial charge in [-0.3, -0.25) is 0 Å². The van der Waals surface area contributed by atoms with Crippen molar-refractivity contribution < 1.29 is 19.2 Å². The number of methoxy groups -OCH3 is 1. The highest BCUT2D eigenvalue weighted by Gasteiger charge is 2.20. The fourth-order valence-corrected chi connectivity index (χ4v) is 2.05. The summed E-state index contributed by atoms with van der Waals surface area (Å²) in [5.74, 6) is -0.918. The van der Waals surface area contributed by atoms with E-state index in [2.05, 4.69) is 28.9 Å². The summed E-state index contributed by atoms with van der Waals surface area (Å²) in [6.07, 6.45) is 6.92. The smallest absolute Gasteiger partial charge is 0.357 e. The summed E-state index contributed by atoms with van der Waals surface area (Å²) in [4.78, 5) is 28.4. The third kappa shape index (κ3) is 8.94. The lowest BCUT2D eigenvalue weighted by Crippen LogP contribution is -2.39. The Balaban J connectivity index is 0.00000116. The van der Waals surface area contributed by atoms with E-state index >= 15 is 0 Å². The van der Waals surface area contributed by atoms with Crippen LogP contribution < -0.4 is 11.0 Å². The topological polar surface area (TPSA) is 79.9 Å². The zero-order chi connectivity index (χ0) is 22.2. The van der Waals surface area contributed by atoms with Crippen molar-refractivity contribution in [1.82, 2.24) is 16.1 Å². The third-order valence-corrected chi connectivity index (χ3v) is 3.45. The van der Waals surface area contributed by atoms with Crippen LogP contribution in [-0.4, -0.2) is 24.2 Å². The number of ether oxygens (including phenoxy) is 1. The first kappa shape index (κ1) is 25.7. The zero-order valence-electron chi connectivity index (χ0n) is 17.8. The average molecular weight is 402 g/mol. The Kier molecular flexibility index (Phi) is 13.0. The lowest BCUT2D eigenvalue weighted by molar-refractivity contribution is -0.187. The quantitative estimate of drug-likeness (QED) is 0.418. The maximum atomic E-state index is 11.8. The van der Waals surface area contributed by atoms with Gasteiger partial charge in [-0.1, -0.05) is 58.2 Å². The van der Waals surface area contributed by atoms with E-state index in [0.717, 1.165) is 23.4 Å². The molecule has 0 fully saturated rings. The predicted molar refractivity (Wildman–Crippen MR) is 116 cm³/mol. The molecule has 0 radical (unpaired) electrons. The van der Waals surface area contributed by atoms with Crippen LogP contribution >= 0.6 is 0 Å². The van der Waals surface area contributed by atoms with E-state index in [-0.39, 0.29) is 0 Å². The van der Waals surface area contributed by atoms with E-state index in [1.807, 2.05) is 27.7 Å². The van der Waals surface area contributed by atoms with Crippen LogP contribution in [0.4, 0.5) is 0 Å². The highest BCUT2D eigenvalue weighted by Crippen LogP contribution is 2.15. The Labute approximate surface area is 173 Å². The molecular formula is C22H31N3O4. The van der Waals surface area contributed by atoms with Crippen LogP contribution in [0.25, 0.3) is 6.08 Å². The van der Waals surface area contributed by atoms with Gasteiger partial charge in [0.05, 0.1) is 18.4 Å². The molecule has 0 unspecified atom stereocenters. The number of esters is 1. The summed E-state index contributed by atoms with van der Waals surface area (Å²) in [5, 5.41) is 1.31. The van der Waals surface area contributed by atoms with Gasteiger partial charge in [0.1, 0.15) is 0 Å². The van der Waals surface area contributed by atoms with E-state index in [1.54, 1.807) is 42.5 Å². The molecule has 0 spiro atoms. The monoisotopic (exact) mass is 401 g/mol. The van der Waals surface area contributed by atoms with Crippen LogP contribution in [0.15, 0.2) is 67.0 Å². The Morgan fingerprint density at radius 2 is 1.72 bits per heavy atom. The SMILES string of the molecule is C=CC=C.CC.CCC1=C(C)NNN1OC(=O)/C=C/c1ccc(C(=O)OC)cc1. The van der Waals surface area contributed by atoms with Crippen molar-refractivity contribution in [3.05, 3.63) is 78.2 Å². The number of carbonyl (C=O) groups is 2. The van der Waals surface area contributed by atoms with E-state index in [4.69, 9.17) is 4.84 Å². The molecule has 0 aliphatic carbocycles. The minimum absolute atomic E-state index is 0.401. The van der Waals surface area contributed by atoms with E-state index in [1.165, 1.54) is 18.4 Å². The Bertz CT molecular complexity index is 731. The normalized spacial score (nSPS) is 12.1. The van der Waals surface area contributed by atoms with Crippen molar-refractivity contribution >= 4 is 18.0 Å². The molecule has 1 aliphatic heterocycles. The van der Waals surface area contributed by atoms with Gasteiger partial charge in [-0.25, -0.2) is 9.59 Å². The van der Waals surface area contributed by atoms with Crippen LogP contribution in [0.1, 0.15) is 50.0 Å². The molecule has 0 aromatic heterocycles. The number of hydrazine groups is 2. The zero-order valence-corrected chi connectivity index (χ0v) is 17.8. The second-order valence-corrected chi connectivity index (χ2v) is 5.29. The maximum absolute atomic E-state index is 11.8. The molecule has 1 aromatic rings. The summed E-state index contributed by atoms with van der Waals surface area (Å²) in [6.45, 7) is 14.6. The van der Waals surface area contributed by atoms with Crippen molar-refractivity contribution in [3.63, 3.8) is 0 Å². The lowest BCUT2D eigenvalue weighted by Gasteiger charge is -2.17. The number of hydrogen-bond donors (Lipinski definition) is 2. The van der Waals surface area contributed by atoms with Crippen molar-refractivity contribution in [2.24, 2.45) is 0 Å². The Morgan fingerprint density at radius 1 is 1.14 bits per heavy atom. The number of nitrogens with zero attached hydrogens (tertiary/aromatic N) is 1. The Morgan fingerprint density at radius 3 is 2.21 bits per heavy atom. The second-order valence-electron chi connectivity index (χ2n) is 5.29. The molecule has 2 N–H and O–H groups in total. The summed E-state index contributed by atoms with van der Waals surface area (Å²) >= 11 is 0. The molecule has 1 aliphatic rings. The molecule has 2 rings (SSSR count). The molecule has 0 amide bonds. The first-order chi connectivity index (χ1) is 14.0. The van der Waals surface area contributed by atoms with Crippen molar-refractivity contribution in [2.75, 3.05) is 7.11 Å². The van der Waals surface area contributed by atoms with Crippen LogP contribution in [0.5, 0.6) is 0 Å². The van der Waals surface area contributed by atoms with Gasteiger partial charge in [0.15, 0.2) is 0 Å². The molecule has 0 atom stereocenters. The average Bonchev–Trinajstić information content (AvgIpc) is 3.12. The van der Waals surface area contributed by atoms with Gasteiger partial charge < -0.3 is 15.0 Å². The van der Waals surface area contributed by atoms with Gasteiger partial charge in [0.25, 0.3) is 0 Å². The lowest BCUT2D eigenvalue weighted by atomic mass is 10.1. The number of benzene rings is 1. The predicted octanol–water partition coefficient (Wildman–Crippen LogP) is 4.30. The van der Waals surface area contributed by atoms with Crippen LogP contribution in [-0.2, 0) is 14.4 Å². The fraction of sp³-hybridized carbons (Fsp3) is 0.273. The standard InChI is InChI=1S/C16H19N3O4.C4H6.C2H6/c1-4-14-11(2)17-18-19(14)23-15(20)10-7-12-5-8-13(9-6-12)16(21)22-3;1-3-4-2;1-2/h5-10,17-18H,4H2,1-3H3;3-4H,1-2H2;1-2H3/b10-7+;;. The van der Waals surface area contributed by atoms with Gasteiger partial charge >= 0.3 is 11.9 Å². The molecule has 0 saturated heterocycles. The first-order valence-electron chi connectivity index (χ1n) is 9.30. The summed E-state index contributed by atoms with van der Waals surface area (Å²) in [7, 11) is 1.33. The maximum Gasteiger partial charge on any atom is 0.357 e. The highest BCUT2D eigenvalue weighted by molar-refractivity contribution is 5.90. The van der Waals surface area contributed by atoms with Gasteiger partial charge in [0, 0.05) is 11.8 Å². The number of hydroxylamine groups is 1. The van der Waals surface area contributed by atoms with E-state index < -0.39 is 11.9 Å². The fourth-order valence-electron chi connectivity index (χ4n) is 2.05. The number of nitrogens with one attached hydrogen (secondary N) is 2. The van der Waals surface area contributed by atoms with Gasteiger partial charge in [0.2, 0.25) is 0 Å². The van der Waals surface area contributed by atoms with Crippen molar-refractivity contribution in [1.29, 1.82) is 0 Å². The number of allylic oxidation sites excluding steroid dienone is 4. The molecule has 158 valence electrons. The van der Waals surface area contributed by atoms with Crippen LogP contribution in [0.3, 0.4) is 0 Å². The van der Waals surface area contributed by atoms with Crippen molar-refractivity contribution in [3.8, 4) is 0 Å². The highest BCUT2D eigenvalue weighted by atomic mass is 16.7. The third-order valence-electron chi connectivity index (χ3n) is 3.45. The molecule has 7 nitrogen and oxygen atoms in total. The summed E-state index contributed by atoms with van der Waals surface area (Å²) in [6, 6.07) is 6.69. The van der Waals surface area contributed by atoms with E-state index in [9.17, 15) is 9.59 Å². The second kappa shape index (κ2) is 14.7. The molecule has 7 heteroatoms. The number of carbonyl (C=O) groups excluding carboxylic acids is 2. The largest absolute Gasteiger partial charge is 0.465 e. The molecule has 0 saturated carbocycles. The van der Waals surface area contributed by atoms with E-state index in [0.29, 0.717) is 5.56 Å². The first-order valence-corrected chi connectivity index (χ1v) is 9.30. The van der Waals surface area contributed by atoms with Crippen molar-refractivity contribution in [2.45, 2.75) is 34.1 Å². The molecular weight excluding hydrogens is 370 g/mol. The molecule has 1 heterocycles. The van der Waals surface area contributed by atoms with Gasteiger partial charge in [-0.15, -0.1) is 10.7 Å². The number of hydrogen-bond acceptors (Lipinski definition) is 7. The summed E-state index contributed by atoms with van der Waals surface area (Å²) in [5.41, 5.74) is 8.61. The van der Waals surface area contributed by atoms with Crippen LogP contribution in [0, 0.1) is 0 Å². The molecule has 0 bridgehead atoms. The minimum Gasteiger partial charge on any atom is -0.465 e. The molecule has 1 aromatic carbocycles. The summed E-state index contributed by atoms with van der Waals surface area (Å²) < 4.78 is 4.62.